The monoisotopic (exact) mass is 384 g/mol. The Kier molecular flexibility index (Phi) is 9.12. The maximum atomic E-state index is 11.8. The first-order chi connectivity index (χ1) is 13.2. The van der Waals surface area contributed by atoms with Gasteiger partial charge < -0.3 is 33.2 Å². The van der Waals surface area contributed by atoms with E-state index in [1.165, 1.54) is 21.3 Å². The number of hydrogen-bond donors (Lipinski definition) is 0. The maximum absolute atomic E-state index is 11.8. The molecule has 0 saturated carbocycles. The third-order valence-electron chi connectivity index (χ3n) is 4.40. The molecule has 1 aliphatic heterocycles. The summed E-state index contributed by atoms with van der Waals surface area (Å²) in [7, 11) is 5.93. The van der Waals surface area contributed by atoms with Crippen molar-refractivity contribution in [2.45, 2.75) is 36.9 Å². The third-order valence-corrected chi connectivity index (χ3v) is 4.40. The molecule has 1 aliphatic rings. The molecular formula is C19H28O8. The number of hydrogen-bond acceptors (Lipinski definition) is 8. The molecule has 0 N–H and O–H groups in total. The van der Waals surface area contributed by atoms with Crippen molar-refractivity contribution in [1.82, 2.24) is 0 Å². The molecule has 8 heteroatoms. The Bertz CT molecular complexity index is 552. The molecule has 0 aliphatic carbocycles. The van der Waals surface area contributed by atoms with Crippen molar-refractivity contribution in [1.29, 1.82) is 0 Å². The van der Waals surface area contributed by atoms with Gasteiger partial charge in [0.2, 0.25) is 0 Å². The standard InChI is InChI=1S/C19H28O8/c1-21-11-25-18-16(13-8-6-5-7-9-13)27-17(19(18)26-12-22-2)14(23-3)10-15(20)24-4/h5-9,14,16-19H,10-12H2,1-4H3/t14-,16-,17+,18-,19-/m1/s1. The number of benzene rings is 1. The lowest BCUT2D eigenvalue weighted by atomic mass is 9.98. The minimum Gasteiger partial charge on any atom is -0.469 e. The minimum absolute atomic E-state index is 0.0308. The van der Waals surface area contributed by atoms with Gasteiger partial charge in [0.05, 0.1) is 19.6 Å². The molecule has 0 bridgehead atoms. The highest BCUT2D eigenvalue weighted by Gasteiger charge is 2.50. The summed E-state index contributed by atoms with van der Waals surface area (Å²) in [5.41, 5.74) is 0.931. The van der Waals surface area contributed by atoms with Gasteiger partial charge in [0.15, 0.2) is 0 Å². The predicted octanol–water partition coefficient (Wildman–Crippen LogP) is 1.68. The van der Waals surface area contributed by atoms with Gasteiger partial charge in [-0.3, -0.25) is 4.79 Å². The molecule has 0 radical (unpaired) electrons. The van der Waals surface area contributed by atoms with E-state index < -0.39 is 36.5 Å². The van der Waals surface area contributed by atoms with E-state index >= 15 is 0 Å². The lowest BCUT2D eigenvalue weighted by molar-refractivity contribution is -0.165. The van der Waals surface area contributed by atoms with Crippen LogP contribution in [0.4, 0.5) is 0 Å². The summed E-state index contributed by atoms with van der Waals surface area (Å²) in [5.74, 6) is -0.395. The number of esters is 1. The lowest BCUT2D eigenvalue weighted by Gasteiger charge is -2.27. The first kappa shape index (κ1) is 21.7. The van der Waals surface area contributed by atoms with Gasteiger partial charge in [0.25, 0.3) is 0 Å². The highest BCUT2D eigenvalue weighted by atomic mass is 16.7. The fraction of sp³-hybridized carbons (Fsp3) is 0.632. The van der Waals surface area contributed by atoms with Crippen molar-refractivity contribution in [3.63, 3.8) is 0 Å². The fourth-order valence-corrected chi connectivity index (χ4v) is 3.14. The summed E-state index contributed by atoms with van der Waals surface area (Å²) in [5, 5.41) is 0. The molecule has 1 heterocycles. The first-order valence-electron chi connectivity index (χ1n) is 8.67. The van der Waals surface area contributed by atoms with Gasteiger partial charge in [0, 0.05) is 21.3 Å². The molecule has 27 heavy (non-hydrogen) atoms. The Morgan fingerprint density at radius 2 is 1.63 bits per heavy atom. The van der Waals surface area contributed by atoms with Crippen LogP contribution >= 0.6 is 0 Å². The number of carbonyl (C=O) groups is 1. The minimum atomic E-state index is -0.568. The molecule has 2 rings (SSSR count). The quantitative estimate of drug-likeness (QED) is 0.421. The zero-order valence-electron chi connectivity index (χ0n) is 16.2. The Hall–Kier alpha value is -1.55. The van der Waals surface area contributed by atoms with Gasteiger partial charge in [0.1, 0.15) is 38.0 Å². The van der Waals surface area contributed by atoms with Crippen LogP contribution in [0.2, 0.25) is 0 Å². The van der Waals surface area contributed by atoms with Crippen LogP contribution in [0.5, 0.6) is 0 Å². The highest BCUT2D eigenvalue weighted by Crippen LogP contribution is 2.39. The molecule has 5 atom stereocenters. The van der Waals surface area contributed by atoms with E-state index in [1.807, 2.05) is 30.3 Å². The number of rotatable bonds is 11. The maximum Gasteiger partial charge on any atom is 0.308 e. The van der Waals surface area contributed by atoms with E-state index in [9.17, 15) is 4.79 Å². The summed E-state index contributed by atoms with van der Waals surface area (Å²) < 4.78 is 38.5. The van der Waals surface area contributed by atoms with Gasteiger partial charge in [-0.25, -0.2) is 0 Å². The van der Waals surface area contributed by atoms with Crippen molar-refractivity contribution in [2.75, 3.05) is 42.0 Å². The van der Waals surface area contributed by atoms with Crippen LogP contribution < -0.4 is 0 Å². The SMILES string of the molecule is COCO[C@@H]1[C@H]([C@@H](CC(=O)OC)OC)O[C@H](c2ccccc2)[C@H]1OCOC. The van der Waals surface area contributed by atoms with Gasteiger partial charge in [-0.1, -0.05) is 30.3 Å². The zero-order chi connectivity index (χ0) is 19.6. The highest BCUT2D eigenvalue weighted by molar-refractivity contribution is 5.69. The summed E-state index contributed by atoms with van der Waals surface area (Å²) in [6, 6.07) is 9.67. The Balaban J connectivity index is 2.30. The second kappa shape index (κ2) is 11.3. The van der Waals surface area contributed by atoms with E-state index in [-0.39, 0.29) is 20.0 Å². The van der Waals surface area contributed by atoms with E-state index in [1.54, 1.807) is 7.11 Å². The zero-order valence-corrected chi connectivity index (χ0v) is 16.2. The van der Waals surface area contributed by atoms with E-state index in [0.29, 0.717) is 0 Å². The average Bonchev–Trinajstić information content (AvgIpc) is 3.07. The van der Waals surface area contributed by atoms with E-state index in [2.05, 4.69) is 0 Å². The molecule has 152 valence electrons. The first-order valence-corrected chi connectivity index (χ1v) is 8.67. The normalized spacial score (nSPS) is 26.1. The Morgan fingerprint density at radius 3 is 2.19 bits per heavy atom. The van der Waals surface area contributed by atoms with Crippen molar-refractivity contribution in [3.05, 3.63) is 35.9 Å². The van der Waals surface area contributed by atoms with Crippen molar-refractivity contribution in [2.24, 2.45) is 0 Å². The number of carbonyl (C=O) groups excluding carboxylic acids is 1. The average molecular weight is 384 g/mol. The van der Waals surface area contributed by atoms with E-state index in [4.69, 9.17) is 33.2 Å². The summed E-state index contributed by atoms with van der Waals surface area (Å²) in [4.78, 5) is 11.8. The van der Waals surface area contributed by atoms with Crippen LogP contribution in [0.15, 0.2) is 30.3 Å². The van der Waals surface area contributed by atoms with Crippen LogP contribution in [-0.4, -0.2) is 72.4 Å². The second-order valence-electron chi connectivity index (χ2n) is 6.06. The summed E-state index contributed by atoms with van der Waals surface area (Å²) in [6.45, 7) is 0.124. The topological polar surface area (TPSA) is 81.7 Å². The predicted molar refractivity (Wildman–Crippen MR) is 95.0 cm³/mol. The van der Waals surface area contributed by atoms with E-state index in [0.717, 1.165) is 5.56 Å². The molecule has 0 amide bonds. The smallest absolute Gasteiger partial charge is 0.308 e. The molecular weight excluding hydrogens is 356 g/mol. The third kappa shape index (κ3) is 5.71. The number of ether oxygens (including phenoxy) is 7. The van der Waals surface area contributed by atoms with Crippen LogP contribution in [0.25, 0.3) is 0 Å². The Labute approximate surface area is 159 Å². The van der Waals surface area contributed by atoms with Crippen molar-refractivity contribution >= 4 is 5.97 Å². The van der Waals surface area contributed by atoms with Gasteiger partial charge in [-0.05, 0) is 5.56 Å². The Morgan fingerprint density at radius 1 is 1.00 bits per heavy atom. The summed E-state index contributed by atoms with van der Waals surface area (Å²) in [6.07, 6.45) is -2.51. The molecule has 0 spiro atoms. The molecule has 1 saturated heterocycles. The molecule has 0 unspecified atom stereocenters. The molecule has 8 nitrogen and oxygen atoms in total. The van der Waals surface area contributed by atoms with Crippen LogP contribution in [0, 0.1) is 0 Å². The van der Waals surface area contributed by atoms with Crippen molar-refractivity contribution in [3.8, 4) is 0 Å². The van der Waals surface area contributed by atoms with Crippen LogP contribution in [0.3, 0.4) is 0 Å². The van der Waals surface area contributed by atoms with Crippen molar-refractivity contribution < 1.29 is 38.0 Å². The largest absolute Gasteiger partial charge is 0.469 e. The fourth-order valence-electron chi connectivity index (χ4n) is 3.14. The summed E-state index contributed by atoms with van der Waals surface area (Å²) >= 11 is 0. The van der Waals surface area contributed by atoms with Gasteiger partial charge >= 0.3 is 5.97 Å². The molecule has 0 aromatic heterocycles. The lowest BCUT2D eigenvalue weighted by Crippen LogP contribution is -2.44. The molecule has 1 fully saturated rings. The van der Waals surface area contributed by atoms with Crippen LogP contribution in [-0.2, 0) is 38.0 Å². The van der Waals surface area contributed by atoms with Crippen LogP contribution in [0.1, 0.15) is 18.1 Å². The van der Waals surface area contributed by atoms with Gasteiger partial charge in [-0.2, -0.15) is 0 Å². The molecule has 1 aromatic carbocycles. The van der Waals surface area contributed by atoms with Gasteiger partial charge in [-0.15, -0.1) is 0 Å². The molecule has 1 aromatic rings. The number of methoxy groups -OCH3 is 4. The second-order valence-corrected chi connectivity index (χ2v) is 6.06.